The van der Waals surface area contributed by atoms with Gasteiger partial charge < -0.3 is 18.7 Å². The average Bonchev–Trinajstić information content (AvgIpc) is 3.00. The van der Waals surface area contributed by atoms with Crippen molar-refractivity contribution in [3.63, 3.8) is 0 Å². The highest BCUT2D eigenvalue weighted by Gasteiger charge is 2.54. The van der Waals surface area contributed by atoms with E-state index in [2.05, 4.69) is 11.4 Å². The maximum absolute atomic E-state index is 15.1. The monoisotopic (exact) mass is 587 g/mol. The van der Waals surface area contributed by atoms with Gasteiger partial charge >= 0.3 is 13.3 Å². The van der Waals surface area contributed by atoms with Crippen molar-refractivity contribution in [2.75, 3.05) is 32.3 Å². The number of halogens is 2. The predicted octanol–water partition coefficient (Wildman–Crippen LogP) is 9.29. The van der Waals surface area contributed by atoms with Crippen LogP contribution in [0.2, 0.25) is 0 Å². The zero-order chi connectivity index (χ0) is 29.9. The number of hydrogen-bond donors (Lipinski definition) is 0. The third-order valence-corrected chi connectivity index (χ3v) is 8.88. The smallest absolute Gasteiger partial charge is 0.404 e. The summed E-state index contributed by atoms with van der Waals surface area (Å²) in [7, 11) is -2.33. The van der Waals surface area contributed by atoms with Gasteiger partial charge in [0, 0.05) is 31.0 Å². The maximum Gasteiger partial charge on any atom is 0.404 e. The molecule has 1 amide bonds. The van der Waals surface area contributed by atoms with E-state index in [-0.39, 0.29) is 18.2 Å². The number of alkyl halides is 2. The zero-order valence-electron chi connectivity index (χ0n) is 24.3. The van der Waals surface area contributed by atoms with E-state index >= 15 is 8.78 Å². The highest BCUT2D eigenvalue weighted by atomic mass is 31.2. The summed E-state index contributed by atoms with van der Waals surface area (Å²) in [6.45, 7) is 4.17. The van der Waals surface area contributed by atoms with Crippen molar-refractivity contribution in [2.45, 2.75) is 58.0 Å². The minimum atomic E-state index is -4.75. The van der Waals surface area contributed by atoms with E-state index in [1.54, 1.807) is 12.1 Å². The minimum absolute atomic E-state index is 0.202. The number of amides is 1. The highest BCUT2D eigenvalue weighted by Crippen LogP contribution is 2.66. The molecule has 9 heteroatoms. The van der Waals surface area contributed by atoms with Crippen LogP contribution in [0.4, 0.5) is 14.5 Å². The first-order valence-electron chi connectivity index (χ1n) is 14.1. The largest absolute Gasteiger partial charge is 0.494 e. The molecular formula is C32H40F2NO5P. The van der Waals surface area contributed by atoms with Crippen LogP contribution < -0.4 is 9.64 Å². The van der Waals surface area contributed by atoms with Crippen LogP contribution >= 0.6 is 7.60 Å². The molecule has 222 valence electrons. The number of ether oxygens (including phenoxy) is 1. The van der Waals surface area contributed by atoms with E-state index in [0.29, 0.717) is 12.2 Å². The molecule has 1 unspecified atom stereocenters. The second-order valence-corrected chi connectivity index (χ2v) is 12.0. The van der Waals surface area contributed by atoms with Crippen LogP contribution in [0.15, 0.2) is 72.8 Å². The SMILES string of the molecule is CCCCCCCCOc1ccc(-c2ccc(C(=O)N(C)c3cccc(C(F)(F)P(=O)(OC)OCC)c3)cc2)cc1. The molecule has 0 spiro atoms. The van der Waals surface area contributed by atoms with Gasteiger partial charge in [0.15, 0.2) is 0 Å². The summed E-state index contributed by atoms with van der Waals surface area (Å²) >= 11 is 0. The van der Waals surface area contributed by atoms with Crippen molar-refractivity contribution in [2.24, 2.45) is 0 Å². The van der Waals surface area contributed by atoms with Crippen LogP contribution in [0.25, 0.3) is 11.1 Å². The summed E-state index contributed by atoms with van der Waals surface area (Å²) in [5.41, 5.74) is -1.94. The summed E-state index contributed by atoms with van der Waals surface area (Å²) in [6, 6.07) is 20.1. The molecule has 3 aromatic rings. The molecule has 6 nitrogen and oxygen atoms in total. The standard InChI is InChI=1S/C32H40F2NO5P/c1-5-7-8-9-10-11-23-39-30-21-19-26(20-22-30)25-15-17-27(18-16-25)31(36)35(3)29-14-12-13-28(24-29)32(33,34)41(37,38-4)40-6-2/h12-22,24H,5-11,23H2,1-4H3. The molecule has 0 saturated heterocycles. The predicted molar refractivity (Wildman–Crippen MR) is 160 cm³/mol. The van der Waals surface area contributed by atoms with Gasteiger partial charge in [-0.05, 0) is 60.9 Å². The molecule has 0 bridgehead atoms. The number of unbranched alkanes of at least 4 members (excludes halogenated alkanes) is 5. The first kappa shape index (κ1) is 32.5. The molecular weight excluding hydrogens is 547 g/mol. The van der Waals surface area contributed by atoms with Gasteiger partial charge in [0.1, 0.15) is 5.75 Å². The van der Waals surface area contributed by atoms with Gasteiger partial charge in [0.05, 0.1) is 13.2 Å². The molecule has 41 heavy (non-hydrogen) atoms. The Balaban J connectivity index is 1.64. The first-order chi connectivity index (χ1) is 19.7. The third kappa shape index (κ3) is 8.25. The molecule has 0 heterocycles. The summed E-state index contributed by atoms with van der Waals surface area (Å²) in [6.07, 6.45) is 7.29. The van der Waals surface area contributed by atoms with Crippen molar-refractivity contribution in [1.29, 1.82) is 0 Å². The van der Waals surface area contributed by atoms with Gasteiger partial charge in [0.2, 0.25) is 0 Å². The van der Waals surface area contributed by atoms with Crippen molar-refractivity contribution < 1.29 is 31.9 Å². The fourth-order valence-corrected chi connectivity index (χ4v) is 5.70. The fourth-order valence-electron chi connectivity index (χ4n) is 4.41. The Morgan fingerprint density at radius 1 is 0.878 bits per heavy atom. The summed E-state index contributed by atoms with van der Waals surface area (Å²) < 4.78 is 58.1. The Kier molecular flexibility index (Phi) is 12.1. The summed E-state index contributed by atoms with van der Waals surface area (Å²) in [5, 5.41) is 0. The lowest BCUT2D eigenvalue weighted by Gasteiger charge is -2.26. The van der Waals surface area contributed by atoms with Gasteiger partial charge in [-0.1, -0.05) is 75.4 Å². The Hall–Kier alpha value is -3.06. The lowest BCUT2D eigenvalue weighted by molar-refractivity contribution is 0.0408. The minimum Gasteiger partial charge on any atom is -0.494 e. The van der Waals surface area contributed by atoms with Crippen LogP contribution in [0.1, 0.15) is 68.3 Å². The number of hydrogen-bond acceptors (Lipinski definition) is 5. The molecule has 0 aliphatic heterocycles. The van der Waals surface area contributed by atoms with Crippen LogP contribution in [-0.2, 0) is 19.3 Å². The van der Waals surface area contributed by atoms with Gasteiger partial charge in [-0.25, -0.2) is 0 Å². The van der Waals surface area contributed by atoms with Crippen LogP contribution in [-0.4, -0.2) is 33.3 Å². The molecule has 0 N–H and O–H groups in total. The Morgan fingerprint density at radius 2 is 1.49 bits per heavy atom. The number of benzene rings is 3. The van der Waals surface area contributed by atoms with E-state index in [4.69, 9.17) is 9.26 Å². The summed E-state index contributed by atoms with van der Waals surface area (Å²) in [5.74, 6) is 0.446. The molecule has 0 aliphatic rings. The molecule has 0 radical (unpaired) electrons. The Bertz CT molecular complexity index is 1300. The maximum atomic E-state index is 15.1. The van der Waals surface area contributed by atoms with Crippen molar-refractivity contribution in [3.8, 4) is 16.9 Å². The molecule has 0 fully saturated rings. The lowest BCUT2D eigenvalue weighted by Crippen LogP contribution is -2.26. The van der Waals surface area contributed by atoms with Crippen LogP contribution in [0.5, 0.6) is 5.75 Å². The van der Waals surface area contributed by atoms with Gasteiger partial charge in [-0.3, -0.25) is 9.36 Å². The van der Waals surface area contributed by atoms with Gasteiger partial charge in [-0.2, -0.15) is 8.78 Å². The number of rotatable bonds is 16. The van der Waals surface area contributed by atoms with Crippen molar-refractivity contribution >= 4 is 19.2 Å². The average molecular weight is 588 g/mol. The van der Waals surface area contributed by atoms with Crippen LogP contribution in [0, 0.1) is 0 Å². The number of nitrogens with zero attached hydrogens (tertiary/aromatic N) is 1. The fraction of sp³-hybridized carbons (Fsp3) is 0.406. The molecule has 0 aliphatic carbocycles. The summed E-state index contributed by atoms with van der Waals surface area (Å²) in [4.78, 5) is 14.4. The van der Waals surface area contributed by atoms with Crippen molar-refractivity contribution in [1.82, 2.24) is 0 Å². The van der Waals surface area contributed by atoms with E-state index in [0.717, 1.165) is 42.5 Å². The molecule has 3 aromatic carbocycles. The molecule has 1 atom stereocenters. The van der Waals surface area contributed by atoms with E-state index in [9.17, 15) is 9.36 Å². The normalized spacial score (nSPS) is 13.0. The first-order valence-corrected chi connectivity index (χ1v) is 15.6. The number of anilines is 1. The number of carbonyl (C=O) groups excluding carboxylic acids is 1. The van der Waals surface area contributed by atoms with E-state index in [1.807, 2.05) is 36.4 Å². The van der Waals surface area contributed by atoms with Crippen LogP contribution in [0.3, 0.4) is 0 Å². The van der Waals surface area contributed by atoms with Crippen molar-refractivity contribution in [3.05, 3.63) is 83.9 Å². The zero-order valence-corrected chi connectivity index (χ0v) is 25.2. The quantitative estimate of drug-likeness (QED) is 0.123. The second kappa shape index (κ2) is 15.2. The molecule has 0 aromatic heterocycles. The van der Waals surface area contributed by atoms with E-state index in [1.165, 1.54) is 63.1 Å². The third-order valence-electron chi connectivity index (χ3n) is 6.85. The topological polar surface area (TPSA) is 65.1 Å². The molecule has 3 rings (SSSR count). The van der Waals surface area contributed by atoms with Gasteiger partial charge in [0.25, 0.3) is 5.91 Å². The molecule has 0 saturated carbocycles. The second-order valence-electron chi connectivity index (χ2n) is 9.77. The number of carbonyl (C=O) groups is 1. The highest BCUT2D eigenvalue weighted by molar-refractivity contribution is 7.54. The van der Waals surface area contributed by atoms with E-state index < -0.39 is 18.8 Å². The Morgan fingerprint density at radius 3 is 2.10 bits per heavy atom. The lowest BCUT2D eigenvalue weighted by atomic mass is 10.0. The Labute approximate surface area is 242 Å². The van der Waals surface area contributed by atoms with Gasteiger partial charge in [-0.15, -0.1) is 0 Å².